The van der Waals surface area contributed by atoms with E-state index in [1.807, 2.05) is 48.5 Å². The minimum Gasteiger partial charge on any atom is -0.435 e. The highest BCUT2D eigenvalue weighted by atomic mass is 31.2. The van der Waals surface area contributed by atoms with E-state index >= 15 is 0 Å². The molecule has 0 aliphatic carbocycles. The summed E-state index contributed by atoms with van der Waals surface area (Å²) in [5, 5.41) is 2.09. The Morgan fingerprint density at radius 3 is 1.45 bits per heavy atom. The fourth-order valence-electron chi connectivity index (χ4n) is 5.60. The first-order valence-corrected chi connectivity index (χ1v) is 17.3. The van der Waals surface area contributed by atoms with Gasteiger partial charge in [-0.15, -0.1) is 0 Å². The van der Waals surface area contributed by atoms with Gasteiger partial charge < -0.3 is 18.1 Å². The van der Waals surface area contributed by atoms with Gasteiger partial charge in [0.25, 0.3) is 0 Å². The quantitative estimate of drug-likeness (QED) is 0.188. The topological polar surface area (TPSA) is 36.9 Å². The van der Waals surface area contributed by atoms with Crippen LogP contribution in [0.15, 0.2) is 109 Å². The average molecular weight is 619 g/mol. The summed E-state index contributed by atoms with van der Waals surface area (Å²) in [5.41, 5.74) is 6.33. The van der Waals surface area contributed by atoms with Crippen molar-refractivity contribution in [2.24, 2.45) is 0 Å². The van der Waals surface area contributed by atoms with Crippen LogP contribution in [-0.2, 0) is 10.8 Å². The zero-order valence-corrected chi connectivity index (χ0v) is 27.7. The lowest BCUT2D eigenvalue weighted by Crippen LogP contribution is -2.22. The lowest BCUT2D eigenvalue weighted by Gasteiger charge is -2.33. The van der Waals surface area contributed by atoms with E-state index in [9.17, 15) is 0 Å². The molecule has 0 radical (unpaired) electrons. The molecule has 2 atom stereocenters. The molecule has 0 saturated heterocycles. The van der Waals surface area contributed by atoms with Gasteiger partial charge in [0.1, 0.15) is 11.5 Å². The van der Waals surface area contributed by atoms with Gasteiger partial charge in [0.05, 0.1) is 10.6 Å². The van der Waals surface area contributed by atoms with Crippen molar-refractivity contribution >= 4 is 27.4 Å². The molecule has 222 valence electrons. The molecule has 6 heteroatoms. The van der Waals surface area contributed by atoms with E-state index in [0.717, 1.165) is 49.9 Å². The van der Waals surface area contributed by atoms with Gasteiger partial charge in [-0.3, -0.25) is 0 Å². The predicted molar refractivity (Wildman–Crippen MR) is 183 cm³/mol. The van der Waals surface area contributed by atoms with Crippen molar-refractivity contribution in [3.63, 3.8) is 0 Å². The summed E-state index contributed by atoms with van der Waals surface area (Å²) in [7, 11) is -2.99. The molecule has 4 nitrogen and oxygen atoms in total. The van der Waals surface area contributed by atoms with E-state index in [4.69, 9.17) is 18.1 Å². The number of para-hydroxylation sites is 2. The third-order valence-corrected chi connectivity index (χ3v) is 11.0. The lowest BCUT2D eigenvalue weighted by molar-refractivity contribution is 0.443. The van der Waals surface area contributed by atoms with Crippen molar-refractivity contribution in [1.82, 2.24) is 0 Å². The van der Waals surface area contributed by atoms with Crippen LogP contribution in [0.5, 0.6) is 23.0 Å². The van der Waals surface area contributed by atoms with Gasteiger partial charge in [0.2, 0.25) is 0 Å². The molecule has 0 amide bonds. The van der Waals surface area contributed by atoms with E-state index < -0.39 is 16.8 Å². The summed E-state index contributed by atoms with van der Waals surface area (Å²) in [6.45, 7) is 13.4. The maximum absolute atomic E-state index is 7.07. The highest BCUT2D eigenvalue weighted by Gasteiger charge is 2.36. The van der Waals surface area contributed by atoms with E-state index in [0.29, 0.717) is 11.5 Å². The fourth-order valence-corrected chi connectivity index (χ4v) is 8.61. The summed E-state index contributed by atoms with van der Waals surface area (Å²) < 4.78 is 27.3. The molecule has 44 heavy (non-hydrogen) atoms. The van der Waals surface area contributed by atoms with Gasteiger partial charge in [-0.2, -0.15) is 0 Å². The highest BCUT2D eigenvalue weighted by molar-refractivity contribution is 7.57. The Balaban J connectivity index is 1.37. The molecular weight excluding hydrogens is 582 g/mol. The second kappa shape index (κ2) is 11.0. The van der Waals surface area contributed by atoms with Crippen LogP contribution >= 0.6 is 16.8 Å². The second-order valence-corrected chi connectivity index (χ2v) is 16.0. The van der Waals surface area contributed by atoms with E-state index in [1.165, 1.54) is 5.56 Å². The Hall–Kier alpha value is -3.84. The number of rotatable bonds is 4. The van der Waals surface area contributed by atoms with Crippen LogP contribution < -0.4 is 28.7 Å². The minimum absolute atomic E-state index is 0.111. The van der Waals surface area contributed by atoms with Crippen LogP contribution in [0.4, 0.5) is 0 Å². The zero-order valence-electron chi connectivity index (χ0n) is 25.9. The zero-order chi connectivity index (χ0) is 30.6. The maximum Gasteiger partial charge on any atom is 0.326 e. The third-order valence-electron chi connectivity index (χ3n) is 8.00. The number of hydrogen-bond acceptors (Lipinski definition) is 4. The molecule has 2 aliphatic heterocycles. The molecule has 2 aliphatic rings. The Morgan fingerprint density at radius 1 is 0.500 bits per heavy atom. The standard InChI is InChI=1S/C38H36O4P2/c1-37(2,3)25-23-30(38(4,5)6)36(42-44-35-22-14-10-18-29(35)27-16-8-12-20-32(27)40-44)33(24-25)41-43-34-21-13-9-17-28(34)26-15-7-11-19-31(26)39-43/h7-24H,1-6H3. The summed E-state index contributed by atoms with van der Waals surface area (Å²) in [5.74, 6) is 3.03. The molecule has 0 saturated carbocycles. The van der Waals surface area contributed by atoms with Crippen molar-refractivity contribution in [3.8, 4) is 45.3 Å². The molecule has 0 bridgehead atoms. The fraction of sp³-hybridized carbons (Fsp3) is 0.211. The first kappa shape index (κ1) is 28.9. The van der Waals surface area contributed by atoms with Crippen LogP contribution in [0, 0.1) is 0 Å². The van der Waals surface area contributed by atoms with Gasteiger partial charge >= 0.3 is 16.8 Å². The normalized spacial score (nSPS) is 16.8. The Labute approximate surface area is 262 Å². The van der Waals surface area contributed by atoms with Crippen LogP contribution in [0.1, 0.15) is 52.7 Å². The largest absolute Gasteiger partial charge is 0.435 e. The van der Waals surface area contributed by atoms with Crippen molar-refractivity contribution < 1.29 is 18.1 Å². The second-order valence-electron chi connectivity index (χ2n) is 13.3. The molecule has 5 aromatic carbocycles. The number of hydrogen-bond donors (Lipinski definition) is 0. The van der Waals surface area contributed by atoms with Gasteiger partial charge in [-0.1, -0.05) is 120 Å². The van der Waals surface area contributed by atoms with Crippen LogP contribution in [-0.4, -0.2) is 0 Å². The first-order chi connectivity index (χ1) is 21.1. The molecule has 2 unspecified atom stereocenters. The van der Waals surface area contributed by atoms with E-state index in [1.54, 1.807) is 0 Å². The highest BCUT2D eigenvalue weighted by Crippen LogP contribution is 2.56. The summed E-state index contributed by atoms with van der Waals surface area (Å²) in [6.07, 6.45) is 0. The first-order valence-electron chi connectivity index (χ1n) is 15.0. The molecular formula is C38H36O4P2. The molecule has 2 heterocycles. The molecule has 0 fully saturated rings. The van der Waals surface area contributed by atoms with Crippen LogP contribution in [0.2, 0.25) is 0 Å². The monoisotopic (exact) mass is 618 g/mol. The third kappa shape index (κ3) is 5.25. The van der Waals surface area contributed by atoms with Crippen molar-refractivity contribution in [1.29, 1.82) is 0 Å². The van der Waals surface area contributed by atoms with Gasteiger partial charge in [-0.05, 0) is 57.9 Å². The molecule has 0 spiro atoms. The molecule has 0 aromatic heterocycles. The predicted octanol–water partition coefficient (Wildman–Crippen LogP) is 10.4. The van der Waals surface area contributed by atoms with Gasteiger partial charge in [0, 0.05) is 16.7 Å². The van der Waals surface area contributed by atoms with Crippen molar-refractivity contribution in [3.05, 3.63) is 120 Å². The van der Waals surface area contributed by atoms with Crippen molar-refractivity contribution in [2.75, 3.05) is 0 Å². The summed E-state index contributed by atoms with van der Waals surface area (Å²) in [6, 6.07) is 37.5. The Bertz CT molecular complexity index is 1870. The number of benzene rings is 5. The van der Waals surface area contributed by atoms with E-state index in [2.05, 4.69) is 102 Å². The van der Waals surface area contributed by atoms with Gasteiger partial charge in [-0.25, -0.2) is 0 Å². The lowest BCUT2D eigenvalue weighted by atomic mass is 9.80. The van der Waals surface area contributed by atoms with Crippen LogP contribution in [0.3, 0.4) is 0 Å². The summed E-state index contributed by atoms with van der Waals surface area (Å²) in [4.78, 5) is 0. The summed E-state index contributed by atoms with van der Waals surface area (Å²) >= 11 is 0. The SMILES string of the molecule is CC(C)(C)c1cc(OP2Oc3ccccc3-c3ccccc32)c(OP2Oc3ccccc3-c3ccccc32)c(C(C)(C)C)c1. The van der Waals surface area contributed by atoms with Gasteiger partial charge in [0.15, 0.2) is 11.5 Å². The Kier molecular flexibility index (Phi) is 7.19. The smallest absolute Gasteiger partial charge is 0.326 e. The van der Waals surface area contributed by atoms with E-state index in [-0.39, 0.29) is 10.8 Å². The Morgan fingerprint density at radius 2 is 0.955 bits per heavy atom. The molecule has 5 aromatic rings. The van der Waals surface area contributed by atoms with Crippen molar-refractivity contribution in [2.45, 2.75) is 52.4 Å². The molecule has 0 N–H and O–H groups in total. The van der Waals surface area contributed by atoms with Crippen LogP contribution in [0.25, 0.3) is 22.3 Å². The average Bonchev–Trinajstić information content (AvgIpc) is 3.01. The number of fused-ring (bicyclic) bond motifs is 6. The minimum atomic E-state index is -1.50. The maximum atomic E-state index is 7.07. The molecule has 7 rings (SSSR count).